The van der Waals surface area contributed by atoms with E-state index in [2.05, 4.69) is 0 Å². The Morgan fingerprint density at radius 3 is 2.33 bits per heavy atom. The molecule has 1 amide bonds. The number of hydrogen-bond acceptors (Lipinski definition) is 2. The molecular weight excluding hydrogens is 309 g/mol. The Bertz CT molecular complexity index is 666. The minimum atomic E-state index is -0.212. The topological polar surface area (TPSA) is 40.5 Å². The Hall–Kier alpha value is -1.71. The molecule has 5 heteroatoms. The average molecular weight is 324 g/mol. The van der Waals surface area contributed by atoms with Crippen LogP contribution in [0.2, 0.25) is 10.0 Å². The second-order valence-electron chi connectivity index (χ2n) is 4.68. The number of benzene rings is 2. The molecule has 0 fully saturated rings. The molecule has 3 nitrogen and oxygen atoms in total. The van der Waals surface area contributed by atoms with Crippen LogP contribution in [0.1, 0.15) is 22.8 Å². The van der Waals surface area contributed by atoms with Crippen molar-refractivity contribution in [1.82, 2.24) is 0 Å². The quantitative estimate of drug-likeness (QED) is 0.891. The Balaban J connectivity index is 2.45. The molecule has 1 N–H and O–H groups in total. The fraction of sp³-hybridized carbons (Fsp3) is 0.188. The van der Waals surface area contributed by atoms with Gasteiger partial charge in [-0.15, -0.1) is 0 Å². The van der Waals surface area contributed by atoms with Crippen LogP contribution in [0.25, 0.3) is 0 Å². The summed E-state index contributed by atoms with van der Waals surface area (Å²) >= 11 is 11.9. The van der Waals surface area contributed by atoms with Crippen LogP contribution in [0.15, 0.2) is 36.4 Å². The van der Waals surface area contributed by atoms with E-state index in [0.717, 1.165) is 5.56 Å². The van der Waals surface area contributed by atoms with Crippen molar-refractivity contribution >= 4 is 34.8 Å². The zero-order valence-corrected chi connectivity index (χ0v) is 13.2. The van der Waals surface area contributed by atoms with E-state index in [9.17, 15) is 9.90 Å². The average Bonchev–Trinajstić information content (AvgIpc) is 2.42. The van der Waals surface area contributed by atoms with Gasteiger partial charge in [-0.25, -0.2) is 0 Å². The molecule has 2 rings (SSSR count). The van der Waals surface area contributed by atoms with Gasteiger partial charge in [-0.2, -0.15) is 0 Å². The molecule has 0 unspecified atom stereocenters. The number of carbonyl (C=O) groups excluding carboxylic acids is 1. The number of aryl methyl sites for hydroxylation is 1. The predicted octanol–water partition coefficient (Wildman–Crippen LogP) is 4.67. The highest BCUT2D eigenvalue weighted by Crippen LogP contribution is 2.27. The number of rotatable bonds is 3. The van der Waals surface area contributed by atoms with Crippen LogP contribution in [0, 0.1) is 6.92 Å². The number of phenolic OH excluding ortho intramolecular Hbond substituents is 1. The number of nitrogens with zero attached hydrogens (tertiary/aromatic N) is 1. The molecule has 21 heavy (non-hydrogen) atoms. The standard InChI is InChI=1S/C16H15Cl2NO2/c1-3-19(15-9-14(20)5-4-10(15)2)16(21)11-6-12(17)8-13(18)7-11/h4-9,20H,3H2,1-2H3. The molecule has 2 aromatic carbocycles. The van der Waals surface area contributed by atoms with Gasteiger partial charge in [0.1, 0.15) is 5.75 Å². The summed E-state index contributed by atoms with van der Waals surface area (Å²) in [4.78, 5) is 14.3. The third-order valence-electron chi connectivity index (χ3n) is 3.15. The van der Waals surface area contributed by atoms with Crippen molar-refractivity contribution < 1.29 is 9.90 Å². The van der Waals surface area contributed by atoms with E-state index >= 15 is 0 Å². The van der Waals surface area contributed by atoms with Crippen LogP contribution in [0.5, 0.6) is 5.75 Å². The molecule has 0 saturated heterocycles. The summed E-state index contributed by atoms with van der Waals surface area (Å²) in [6.45, 7) is 4.22. The number of halogens is 2. The highest BCUT2D eigenvalue weighted by Gasteiger charge is 2.19. The van der Waals surface area contributed by atoms with E-state index in [4.69, 9.17) is 23.2 Å². The number of hydrogen-bond donors (Lipinski definition) is 1. The smallest absolute Gasteiger partial charge is 0.258 e. The van der Waals surface area contributed by atoms with Gasteiger partial charge in [0.15, 0.2) is 0 Å². The number of aromatic hydroxyl groups is 1. The van der Waals surface area contributed by atoms with Gasteiger partial charge >= 0.3 is 0 Å². The highest BCUT2D eigenvalue weighted by atomic mass is 35.5. The lowest BCUT2D eigenvalue weighted by atomic mass is 10.1. The summed E-state index contributed by atoms with van der Waals surface area (Å²) in [5.74, 6) is -0.0958. The molecule has 0 saturated carbocycles. The lowest BCUT2D eigenvalue weighted by Crippen LogP contribution is -2.31. The van der Waals surface area contributed by atoms with Crippen LogP contribution in [0.3, 0.4) is 0 Å². The molecule has 0 atom stereocenters. The molecule has 0 heterocycles. The Morgan fingerprint density at radius 1 is 1.14 bits per heavy atom. The van der Waals surface area contributed by atoms with Crippen molar-refractivity contribution in [2.75, 3.05) is 11.4 Å². The van der Waals surface area contributed by atoms with Crippen molar-refractivity contribution in [3.8, 4) is 5.75 Å². The van der Waals surface area contributed by atoms with Crippen molar-refractivity contribution in [2.45, 2.75) is 13.8 Å². The maximum absolute atomic E-state index is 12.7. The summed E-state index contributed by atoms with van der Waals surface area (Å²) in [7, 11) is 0. The summed E-state index contributed by atoms with van der Waals surface area (Å²) in [6, 6.07) is 9.67. The molecule has 0 spiro atoms. The highest BCUT2D eigenvalue weighted by molar-refractivity contribution is 6.35. The fourth-order valence-corrected chi connectivity index (χ4v) is 2.67. The predicted molar refractivity (Wildman–Crippen MR) is 86.7 cm³/mol. The summed E-state index contributed by atoms with van der Waals surface area (Å²) in [5, 5.41) is 10.5. The van der Waals surface area contributed by atoms with E-state index in [-0.39, 0.29) is 11.7 Å². The number of carbonyl (C=O) groups is 1. The SMILES string of the molecule is CCN(C(=O)c1cc(Cl)cc(Cl)c1)c1cc(O)ccc1C. The van der Waals surface area contributed by atoms with Crippen LogP contribution in [-0.2, 0) is 0 Å². The van der Waals surface area contributed by atoms with Gasteiger partial charge < -0.3 is 10.0 Å². The van der Waals surface area contributed by atoms with Gasteiger partial charge in [-0.3, -0.25) is 4.79 Å². The zero-order valence-electron chi connectivity index (χ0n) is 11.7. The molecule has 0 aliphatic heterocycles. The van der Waals surface area contributed by atoms with Gasteiger partial charge in [0.2, 0.25) is 0 Å². The number of anilines is 1. The van der Waals surface area contributed by atoms with Gasteiger partial charge in [0.25, 0.3) is 5.91 Å². The Morgan fingerprint density at radius 2 is 1.76 bits per heavy atom. The van der Waals surface area contributed by atoms with Crippen molar-refractivity contribution in [3.05, 3.63) is 57.6 Å². The van der Waals surface area contributed by atoms with E-state index in [1.807, 2.05) is 13.8 Å². The second kappa shape index (κ2) is 6.37. The Labute approximate surface area is 133 Å². The number of phenols is 1. The minimum Gasteiger partial charge on any atom is -0.508 e. The minimum absolute atomic E-state index is 0.117. The molecule has 0 aliphatic carbocycles. The van der Waals surface area contributed by atoms with E-state index in [1.165, 1.54) is 0 Å². The van der Waals surface area contributed by atoms with Crippen molar-refractivity contribution in [1.29, 1.82) is 0 Å². The van der Waals surface area contributed by atoms with Crippen LogP contribution in [0.4, 0.5) is 5.69 Å². The maximum Gasteiger partial charge on any atom is 0.258 e. The first-order valence-corrected chi connectivity index (χ1v) is 7.25. The van der Waals surface area contributed by atoms with Gasteiger partial charge in [0.05, 0.1) is 5.69 Å². The molecule has 0 radical (unpaired) electrons. The zero-order chi connectivity index (χ0) is 15.6. The van der Waals surface area contributed by atoms with Crippen LogP contribution in [-0.4, -0.2) is 17.6 Å². The molecule has 0 bridgehead atoms. The lowest BCUT2D eigenvalue weighted by molar-refractivity contribution is 0.0988. The van der Waals surface area contributed by atoms with Gasteiger partial charge in [-0.05, 0) is 43.7 Å². The maximum atomic E-state index is 12.7. The van der Waals surface area contributed by atoms with E-state index in [0.29, 0.717) is 27.8 Å². The molecule has 0 aromatic heterocycles. The fourth-order valence-electron chi connectivity index (χ4n) is 2.15. The first kappa shape index (κ1) is 15.7. The molecule has 0 aliphatic rings. The van der Waals surface area contributed by atoms with E-state index < -0.39 is 0 Å². The largest absolute Gasteiger partial charge is 0.508 e. The summed E-state index contributed by atoms with van der Waals surface area (Å²) < 4.78 is 0. The van der Waals surface area contributed by atoms with Gasteiger partial charge in [0, 0.05) is 28.2 Å². The molecular formula is C16H15Cl2NO2. The Kier molecular flexibility index (Phi) is 4.76. The first-order chi connectivity index (χ1) is 9.92. The molecule has 2 aromatic rings. The van der Waals surface area contributed by atoms with Crippen molar-refractivity contribution in [3.63, 3.8) is 0 Å². The monoisotopic (exact) mass is 323 g/mol. The normalized spacial score (nSPS) is 10.5. The number of amides is 1. The van der Waals surface area contributed by atoms with Crippen molar-refractivity contribution in [2.24, 2.45) is 0 Å². The van der Waals surface area contributed by atoms with E-state index in [1.54, 1.807) is 41.3 Å². The van der Waals surface area contributed by atoms with Gasteiger partial charge in [-0.1, -0.05) is 29.3 Å². The molecule has 110 valence electrons. The van der Waals surface area contributed by atoms with Crippen LogP contribution >= 0.6 is 23.2 Å². The van der Waals surface area contributed by atoms with Crippen LogP contribution < -0.4 is 4.90 Å². The first-order valence-electron chi connectivity index (χ1n) is 6.50. The second-order valence-corrected chi connectivity index (χ2v) is 5.55. The summed E-state index contributed by atoms with van der Waals surface area (Å²) in [5.41, 5.74) is 1.98. The third-order valence-corrected chi connectivity index (χ3v) is 3.59. The lowest BCUT2D eigenvalue weighted by Gasteiger charge is -2.23. The summed E-state index contributed by atoms with van der Waals surface area (Å²) in [6.07, 6.45) is 0. The third kappa shape index (κ3) is 3.49.